The van der Waals surface area contributed by atoms with E-state index in [1.165, 1.54) is 18.2 Å². The summed E-state index contributed by atoms with van der Waals surface area (Å²) in [5, 5.41) is 2.37. The number of hydrogen-bond donors (Lipinski definition) is 1. The van der Waals surface area contributed by atoms with Crippen LogP contribution in [0.1, 0.15) is 10.4 Å². The van der Waals surface area contributed by atoms with Crippen molar-refractivity contribution in [3.63, 3.8) is 0 Å². The predicted molar refractivity (Wildman–Crippen MR) is 73.4 cm³/mol. The maximum atomic E-state index is 13.4. The maximum Gasteiger partial charge on any atom is 0.255 e. The van der Waals surface area contributed by atoms with E-state index in [4.69, 9.17) is 11.6 Å². The van der Waals surface area contributed by atoms with Crippen LogP contribution >= 0.6 is 27.5 Å². The van der Waals surface area contributed by atoms with Crippen molar-refractivity contribution in [1.82, 2.24) is 0 Å². The van der Waals surface area contributed by atoms with Gasteiger partial charge >= 0.3 is 0 Å². The van der Waals surface area contributed by atoms with E-state index in [1.54, 1.807) is 0 Å². The van der Waals surface area contributed by atoms with Crippen LogP contribution in [0, 0.1) is 17.5 Å². The molecule has 2 nitrogen and oxygen atoms in total. The predicted octanol–water partition coefficient (Wildman–Crippen LogP) is 4.77. The molecule has 2 rings (SSSR count). The van der Waals surface area contributed by atoms with E-state index in [-0.39, 0.29) is 10.6 Å². The Morgan fingerprint density at radius 2 is 1.85 bits per heavy atom. The van der Waals surface area contributed by atoms with E-state index in [2.05, 4.69) is 21.2 Å². The van der Waals surface area contributed by atoms with Crippen LogP contribution in [0.4, 0.5) is 18.9 Å². The lowest BCUT2D eigenvalue weighted by Gasteiger charge is -2.08. The van der Waals surface area contributed by atoms with Gasteiger partial charge < -0.3 is 5.32 Å². The van der Waals surface area contributed by atoms with Gasteiger partial charge in [-0.3, -0.25) is 4.79 Å². The molecule has 0 heterocycles. The Labute approximate surface area is 125 Å². The molecule has 0 spiro atoms. The van der Waals surface area contributed by atoms with Crippen molar-refractivity contribution in [3.8, 4) is 0 Å². The average Bonchev–Trinajstić information content (AvgIpc) is 2.38. The second kappa shape index (κ2) is 5.85. The third kappa shape index (κ3) is 3.13. The Bertz CT molecular complexity index is 694. The van der Waals surface area contributed by atoms with E-state index in [9.17, 15) is 18.0 Å². The van der Waals surface area contributed by atoms with Gasteiger partial charge in [0.2, 0.25) is 0 Å². The number of amides is 1. The molecule has 0 unspecified atom stereocenters. The van der Waals surface area contributed by atoms with Crippen molar-refractivity contribution >= 4 is 39.1 Å². The van der Waals surface area contributed by atoms with Gasteiger partial charge in [0.1, 0.15) is 5.82 Å². The van der Waals surface area contributed by atoms with Crippen molar-refractivity contribution in [2.24, 2.45) is 0 Å². The molecule has 0 radical (unpaired) electrons. The Morgan fingerprint density at radius 3 is 2.50 bits per heavy atom. The van der Waals surface area contributed by atoms with E-state index >= 15 is 0 Å². The normalized spacial score (nSPS) is 10.4. The van der Waals surface area contributed by atoms with Crippen LogP contribution in [-0.2, 0) is 0 Å². The molecular weight excluding hydrogens is 359 g/mol. The molecule has 0 aliphatic heterocycles. The summed E-state index contributed by atoms with van der Waals surface area (Å²) in [6.07, 6.45) is 0. The molecule has 7 heteroatoms. The van der Waals surface area contributed by atoms with E-state index in [0.717, 1.165) is 0 Å². The van der Waals surface area contributed by atoms with Crippen molar-refractivity contribution in [3.05, 3.63) is 62.8 Å². The molecule has 0 fully saturated rings. The van der Waals surface area contributed by atoms with E-state index < -0.39 is 29.0 Å². The molecule has 20 heavy (non-hydrogen) atoms. The summed E-state index contributed by atoms with van der Waals surface area (Å²) >= 11 is 8.97. The first kappa shape index (κ1) is 14.9. The van der Waals surface area contributed by atoms with Gasteiger partial charge in [-0.2, -0.15) is 0 Å². The third-order valence-electron chi connectivity index (χ3n) is 2.42. The molecule has 0 atom stereocenters. The molecule has 104 valence electrons. The third-order valence-corrected chi connectivity index (χ3v) is 3.66. The first-order valence-electron chi connectivity index (χ1n) is 5.29. The monoisotopic (exact) mass is 363 g/mol. The fourth-order valence-corrected chi connectivity index (χ4v) is 1.91. The minimum Gasteiger partial charge on any atom is -0.319 e. The highest BCUT2D eigenvalue weighted by molar-refractivity contribution is 9.10. The second-order valence-electron chi connectivity index (χ2n) is 3.83. The summed E-state index contributed by atoms with van der Waals surface area (Å²) in [4.78, 5) is 11.9. The van der Waals surface area contributed by atoms with E-state index in [0.29, 0.717) is 16.6 Å². The topological polar surface area (TPSA) is 29.1 Å². The highest BCUT2D eigenvalue weighted by Crippen LogP contribution is 2.24. The van der Waals surface area contributed by atoms with Crippen LogP contribution in [0.5, 0.6) is 0 Å². The molecule has 0 saturated carbocycles. The minimum absolute atomic E-state index is 0.127. The van der Waals surface area contributed by atoms with Crippen LogP contribution in [0.15, 0.2) is 34.8 Å². The largest absolute Gasteiger partial charge is 0.319 e. The Morgan fingerprint density at radius 1 is 1.15 bits per heavy atom. The fraction of sp³-hybridized carbons (Fsp3) is 0. The van der Waals surface area contributed by atoms with Gasteiger partial charge in [-0.1, -0.05) is 11.6 Å². The quantitative estimate of drug-likeness (QED) is 0.764. The standard InChI is InChI=1S/C13H6BrClF3NO/c14-8-2-1-6(3-9(8)15)13(20)19-11-5-7(16)4-10(17)12(11)18/h1-5H,(H,19,20). The molecule has 0 saturated heterocycles. The van der Waals surface area contributed by atoms with Crippen LogP contribution in [0.25, 0.3) is 0 Å². The van der Waals surface area contributed by atoms with Gasteiger partial charge in [-0.25, -0.2) is 13.2 Å². The molecule has 0 bridgehead atoms. The molecule has 0 aliphatic carbocycles. The Kier molecular flexibility index (Phi) is 4.35. The summed E-state index contributed by atoms with van der Waals surface area (Å²) in [6, 6.07) is 5.38. The molecule has 0 aromatic heterocycles. The number of hydrogen-bond acceptors (Lipinski definition) is 1. The lowest BCUT2D eigenvalue weighted by Crippen LogP contribution is -2.13. The van der Waals surface area contributed by atoms with Gasteiger partial charge in [0.25, 0.3) is 5.91 Å². The van der Waals surface area contributed by atoms with Crippen LogP contribution in [0.2, 0.25) is 5.02 Å². The molecule has 2 aromatic rings. The van der Waals surface area contributed by atoms with Gasteiger partial charge in [-0.15, -0.1) is 0 Å². The number of nitrogens with one attached hydrogen (secondary N) is 1. The zero-order valence-electron chi connectivity index (χ0n) is 9.68. The molecule has 2 aromatic carbocycles. The number of carbonyl (C=O) groups excluding carboxylic acids is 1. The van der Waals surface area contributed by atoms with Crippen LogP contribution in [0.3, 0.4) is 0 Å². The summed E-state index contributed by atoms with van der Waals surface area (Å²) in [6.45, 7) is 0. The Hall–Kier alpha value is -1.53. The van der Waals surface area contributed by atoms with Crippen LogP contribution < -0.4 is 5.32 Å². The lowest BCUT2D eigenvalue weighted by molar-refractivity contribution is 0.102. The molecule has 1 N–H and O–H groups in total. The smallest absolute Gasteiger partial charge is 0.255 e. The number of benzene rings is 2. The van der Waals surface area contributed by atoms with Gasteiger partial charge in [-0.05, 0) is 34.1 Å². The lowest BCUT2D eigenvalue weighted by atomic mass is 10.2. The molecular formula is C13H6BrClF3NO. The minimum atomic E-state index is -1.38. The molecule has 1 amide bonds. The van der Waals surface area contributed by atoms with Gasteiger partial charge in [0, 0.05) is 22.2 Å². The number of carbonyl (C=O) groups is 1. The summed E-state index contributed by atoms with van der Waals surface area (Å²) in [5.74, 6) is -4.44. The van der Waals surface area contributed by atoms with Crippen LogP contribution in [-0.4, -0.2) is 5.91 Å². The SMILES string of the molecule is O=C(Nc1cc(F)cc(F)c1F)c1ccc(Br)c(Cl)c1. The second-order valence-corrected chi connectivity index (χ2v) is 5.09. The molecule has 0 aliphatic rings. The average molecular weight is 365 g/mol. The highest BCUT2D eigenvalue weighted by Gasteiger charge is 2.15. The first-order chi connectivity index (χ1) is 9.38. The fourth-order valence-electron chi connectivity index (χ4n) is 1.48. The number of halogens is 5. The van der Waals surface area contributed by atoms with Crippen molar-refractivity contribution in [2.45, 2.75) is 0 Å². The van der Waals surface area contributed by atoms with Crippen molar-refractivity contribution in [1.29, 1.82) is 0 Å². The summed E-state index contributed by atoms with van der Waals surface area (Å²) in [5.41, 5.74) is -0.450. The van der Waals surface area contributed by atoms with Crippen molar-refractivity contribution < 1.29 is 18.0 Å². The van der Waals surface area contributed by atoms with Gasteiger partial charge in [0.05, 0.1) is 10.7 Å². The highest BCUT2D eigenvalue weighted by atomic mass is 79.9. The summed E-state index contributed by atoms with van der Waals surface area (Å²) < 4.78 is 40.0. The number of anilines is 1. The maximum absolute atomic E-state index is 13.4. The first-order valence-corrected chi connectivity index (χ1v) is 6.46. The van der Waals surface area contributed by atoms with E-state index in [1.807, 2.05) is 0 Å². The van der Waals surface area contributed by atoms with Gasteiger partial charge in [0.15, 0.2) is 11.6 Å². The zero-order chi connectivity index (χ0) is 14.9. The Balaban J connectivity index is 2.30. The summed E-state index contributed by atoms with van der Waals surface area (Å²) in [7, 11) is 0. The van der Waals surface area contributed by atoms with Crippen molar-refractivity contribution in [2.75, 3.05) is 5.32 Å². The zero-order valence-corrected chi connectivity index (χ0v) is 12.0. The number of rotatable bonds is 2.